The quantitative estimate of drug-likeness (QED) is 0.463. The van der Waals surface area contributed by atoms with E-state index in [0.29, 0.717) is 27.9 Å². The number of carbonyl (C=O) groups excluding carboxylic acids is 1. The third-order valence-corrected chi connectivity index (χ3v) is 7.15. The first-order valence-corrected chi connectivity index (χ1v) is 11.7. The summed E-state index contributed by atoms with van der Waals surface area (Å²) in [5.74, 6) is 0.930. The Morgan fingerprint density at radius 1 is 1.12 bits per heavy atom. The first-order valence-electron chi connectivity index (χ1n) is 10.1. The fraction of sp³-hybridized carbons (Fsp3) is 0.125. The summed E-state index contributed by atoms with van der Waals surface area (Å²) < 4.78 is 13.5. The molecule has 0 spiro atoms. The Morgan fingerprint density at radius 3 is 2.72 bits per heavy atom. The molecule has 1 N–H and O–H groups in total. The van der Waals surface area contributed by atoms with Crippen molar-refractivity contribution in [3.8, 4) is 11.4 Å². The maximum atomic E-state index is 12.9. The molecule has 0 aliphatic carbocycles. The van der Waals surface area contributed by atoms with Gasteiger partial charge < -0.3 is 5.32 Å². The highest BCUT2D eigenvalue weighted by Crippen LogP contribution is 2.29. The lowest BCUT2D eigenvalue weighted by Crippen LogP contribution is -2.42. The Balaban J connectivity index is 1.41. The van der Waals surface area contributed by atoms with Gasteiger partial charge in [0, 0.05) is 29.4 Å². The van der Waals surface area contributed by atoms with Crippen LogP contribution in [0.3, 0.4) is 0 Å². The van der Waals surface area contributed by atoms with E-state index in [1.54, 1.807) is 28.7 Å². The first-order chi connectivity index (χ1) is 15.5. The van der Waals surface area contributed by atoms with Crippen LogP contribution in [-0.2, 0) is 11.0 Å². The molecule has 1 aliphatic heterocycles. The Hall–Kier alpha value is -3.29. The van der Waals surface area contributed by atoms with E-state index in [-0.39, 0.29) is 5.91 Å². The smallest absolute Gasteiger partial charge is 0.257 e. The number of anilines is 2. The number of para-hydroxylation sites is 1. The lowest BCUT2D eigenvalue weighted by molar-refractivity contribution is 0.102. The molecule has 1 atom stereocenters. The summed E-state index contributed by atoms with van der Waals surface area (Å²) in [6, 6.07) is 18.5. The van der Waals surface area contributed by atoms with Crippen molar-refractivity contribution in [1.82, 2.24) is 9.97 Å². The van der Waals surface area contributed by atoms with E-state index in [9.17, 15) is 9.00 Å². The van der Waals surface area contributed by atoms with Crippen molar-refractivity contribution >= 4 is 50.8 Å². The molecular formula is C24H19ClN4O2S. The largest absolute Gasteiger partial charge is 0.322 e. The third kappa shape index (κ3) is 3.85. The molecule has 2 heterocycles. The van der Waals surface area contributed by atoms with Crippen molar-refractivity contribution in [1.29, 1.82) is 0 Å². The van der Waals surface area contributed by atoms with Gasteiger partial charge in [0.05, 0.1) is 27.5 Å². The van der Waals surface area contributed by atoms with E-state index in [4.69, 9.17) is 11.6 Å². The van der Waals surface area contributed by atoms with Gasteiger partial charge in [0.1, 0.15) is 11.0 Å². The molecule has 160 valence electrons. The van der Waals surface area contributed by atoms with Crippen LogP contribution in [0.4, 0.5) is 11.4 Å². The Morgan fingerprint density at radius 2 is 1.97 bits per heavy atom. The minimum Gasteiger partial charge on any atom is -0.322 e. The van der Waals surface area contributed by atoms with Crippen molar-refractivity contribution < 1.29 is 9.00 Å². The van der Waals surface area contributed by atoms with Gasteiger partial charge >= 0.3 is 0 Å². The normalized spacial score (nSPS) is 15.4. The summed E-state index contributed by atoms with van der Waals surface area (Å²) in [5, 5.41) is 4.19. The topological polar surface area (TPSA) is 75.2 Å². The Labute approximate surface area is 192 Å². The fourth-order valence-corrected chi connectivity index (χ4v) is 4.71. The van der Waals surface area contributed by atoms with Crippen molar-refractivity contribution in [2.75, 3.05) is 21.9 Å². The predicted molar refractivity (Wildman–Crippen MR) is 129 cm³/mol. The van der Waals surface area contributed by atoms with E-state index in [2.05, 4.69) is 15.3 Å². The molecule has 3 aromatic carbocycles. The molecule has 6 nitrogen and oxygen atoms in total. The van der Waals surface area contributed by atoms with Crippen LogP contribution in [-0.4, -0.2) is 32.4 Å². The lowest BCUT2D eigenvalue weighted by atomic mass is 10.1. The van der Waals surface area contributed by atoms with Gasteiger partial charge in [-0.05, 0) is 48.9 Å². The SMILES string of the molecule is Cc1ccc(NC(=O)c2ccc(N3CCS3=O)cc2Cl)cc1-c1ncc2ccccc2n1. The molecule has 32 heavy (non-hydrogen) atoms. The summed E-state index contributed by atoms with van der Waals surface area (Å²) in [5.41, 5.74) is 4.43. The molecule has 0 radical (unpaired) electrons. The molecule has 1 saturated heterocycles. The second-order valence-corrected chi connectivity index (χ2v) is 9.43. The number of aromatic nitrogens is 2. The van der Waals surface area contributed by atoms with E-state index in [1.807, 2.05) is 49.4 Å². The highest BCUT2D eigenvalue weighted by Gasteiger charge is 2.25. The molecule has 0 saturated carbocycles. The van der Waals surface area contributed by atoms with Gasteiger partial charge in [0.2, 0.25) is 0 Å². The fourth-order valence-electron chi connectivity index (χ4n) is 3.59. The lowest BCUT2D eigenvalue weighted by Gasteiger charge is -2.31. The van der Waals surface area contributed by atoms with Crippen molar-refractivity contribution in [2.45, 2.75) is 6.92 Å². The molecule has 0 bridgehead atoms. The van der Waals surface area contributed by atoms with E-state index >= 15 is 0 Å². The van der Waals surface area contributed by atoms with Crippen LogP contribution in [0.2, 0.25) is 5.02 Å². The zero-order valence-electron chi connectivity index (χ0n) is 17.2. The van der Waals surface area contributed by atoms with Crippen LogP contribution in [0.25, 0.3) is 22.3 Å². The molecule has 1 amide bonds. The summed E-state index contributed by atoms with van der Waals surface area (Å²) in [4.78, 5) is 22.0. The Bertz CT molecular complexity index is 1390. The van der Waals surface area contributed by atoms with Crippen LogP contribution < -0.4 is 9.62 Å². The maximum absolute atomic E-state index is 12.9. The van der Waals surface area contributed by atoms with E-state index < -0.39 is 11.0 Å². The van der Waals surface area contributed by atoms with Gasteiger partial charge in [-0.15, -0.1) is 0 Å². The maximum Gasteiger partial charge on any atom is 0.257 e. The van der Waals surface area contributed by atoms with E-state index in [1.165, 1.54) is 0 Å². The van der Waals surface area contributed by atoms with Crippen LogP contribution in [0.15, 0.2) is 66.9 Å². The summed E-state index contributed by atoms with van der Waals surface area (Å²) in [7, 11) is -1.01. The number of hydrogen-bond acceptors (Lipinski definition) is 4. The van der Waals surface area contributed by atoms with Crippen LogP contribution in [0, 0.1) is 6.92 Å². The van der Waals surface area contributed by atoms with Crippen LogP contribution >= 0.6 is 11.6 Å². The first kappa shape index (κ1) is 20.6. The second-order valence-electron chi connectivity index (χ2n) is 7.53. The third-order valence-electron chi connectivity index (χ3n) is 5.43. The standard InChI is InChI=1S/C24H19ClN4O2S/c1-15-6-7-17(12-20(15)23-26-14-16-4-2-3-5-22(16)28-23)27-24(30)19-9-8-18(13-21(19)25)29-10-11-32(29)31/h2-9,12-14H,10-11H2,1H3,(H,27,30). The number of rotatable bonds is 4. The van der Waals surface area contributed by atoms with Gasteiger partial charge in [0.15, 0.2) is 5.82 Å². The summed E-state index contributed by atoms with van der Waals surface area (Å²) in [6.07, 6.45) is 1.80. The van der Waals surface area contributed by atoms with Gasteiger partial charge in [0.25, 0.3) is 5.91 Å². The van der Waals surface area contributed by atoms with Gasteiger partial charge in [-0.25, -0.2) is 14.2 Å². The highest BCUT2D eigenvalue weighted by atomic mass is 35.5. The number of hydrogen-bond donors (Lipinski definition) is 1. The van der Waals surface area contributed by atoms with Crippen molar-refractivity contribution in [3.05, 3.63) is 83.0 Å². The molecule has 1 aliphatic rings. The average molecular weight is 463 g/mol. The molecule has 5 rings (SSSR count). The second kappa shape index (κ2) is 8.33. The molecular weight excluding hydrogens is 444 g/mol. The van der Waals surface area contributed by atoms with Crippen molar-refractivity contribution in [2.24, 2.45) is 0 Å². The van der Waals surface area contributed by atoms with Crippen molar-refractivity contribution in [3.63, 3.8) is 0 Å². The number of benzene rings is 3. The number of nitrogens with one attached hydrogen (secondary N) is 1. The summed E-state index contributed by atoms with van der Waals surface area (Å²) >= 11 is 6.36. The number of amides is 1. The molecule has 1 fully saturated rings. The minimum atomic E-state index is -1.01. The number of aryl methyl sites for hydroxylation is 1. The molecule has 1 aromatic heterocycles. The van der Waals surface area contributed by atoms with Gasteiger partial charge in [-0.1, -0.05) is 35.9 Å². The minimum absolute atomic E-state index is 0.314. The zero-order valence-corrected chi connectivity index (χ0v) is 18.8. The highest BCUT2D eigenvalue weighted by molar-refractivity contribution is 7.88. The van der Waals surface area contributed by atoms with E-state index in [0.717, 1.165) is 34.3 Å². The predicted octanol–water partition coefficient (Wildman–Crippen LogP) is 4.99. The molecule has 8 heteroatoms. The number of carbonyl (C=O) groups is 1. The van der Waals surface area contributed by atoms with Crippen LogP contribution in [0.1, 0.15) is 15.9 Å². The number of fused-ring (bicyclic) bond motifs is 1. The summed E-state index contributed by atoms with van der Waals surface area (Å²) in [6.45, 7) is 2.70. The van der Waals surface area contributed by atoms with Gasteiger partial charge in [-0.3, -0.25) is 9.10 Å². The average Bonchev–Trinajstić information content (AvgIpc) is 2.79. The van der Waals surface area contributed by atoms with Gasteiger partial charge in [-0.2, -0.15) is 0 Å². The number of nitrogens with zero attached hydrogens (tertiary/aromatic N) is 3. The zero-order chi connectivity index (χ0) is 22.2. The molecule has 1 unspecified atom stereocenters. The molecule has 4 aromatic rings. The number of halogens is 1. The van der Waals surface area contributed by atoms with Crippen LogP contribution in [0.5, 0.6) is 0 Å². The Kier molecular flexibility index (Phi) is 5.36. The monoisotopic (exact) mass is 462 g/mol.